The molecule has 0 aliphatic heterocycles. The lowest BCUT2D eigenvalue weighted by molar-refractivity contribution is 0.368. The van der Waals surface area contributed by atoms with Crippen molar-refractivity contribution in [3.05, 3.63) is 0 Å². The van der Waals surface area contributed by atoms with Gasteiger partial charge in [0, 0.05) is 0 Å². The van der Waals surface area contributed by atoms with Crippen LogP contribution >= 0.6 is 0 Å². The third-order valence-corrected chi connectivity index (χ3v) is 6.19. The van der Waals surface area contributed by atoms with Gasteiger partial charge in [-0.25, -0.2) is 0 Å². The molecule has 0 bridgehead atoms. The molecule has 0 radical (unpaired) electrons. The molecule has 0 amide bonds. The van der Waals surface area contributed by atoms with Crippen LogP contribution in [0.3, 0.4) is 0 Å². The highest BCUT2D eigenvalue weighted by atomic mass is 14.1. The van der Waals surface area contributed by atoms with E-state index in [0.717, 1.165) is 5.92 Å². The van der Waals surface area contributed by atoms with Gasteiger partial charge in [-0.1, -0.05) is 148 Å². The van der Waals surface area contributed by atoms with Gasteiger partial charge in [-0.3, -0.25) is 0 Å². The highest BCUT2D eigenvalue weighted by Gasteiger charge is 2.09. The Bertz CT molecular complexity index is 218. The van der Waals surface area contributed by atoms with E-state index in [9.17, 15) is 0 Å². The van der Waals surface area contributed by atoms with E-state index in [0.29, 0.717) is 0 Å². The third kappa shape index (κ3) is 14.4. The fourth-order valence-corrected chi connectivity index (χ4v) is 4.46. The van der Waals surface area contributed by atoms with E-state index < -0.39 is 0 Å². The second kappa shape index (κ2) is 17.8. The van der Waals surface area contributed by atoms with Crippen LogP contribution in [0.1, 0.15) is 148 Å². The number of rotatable bonds is 10. The Kier molecular flexibility index (Phi) is 16.4. The summed E-state index contributed by atoms with van der Waals surface area (Å²) in [5.74, 6) is 1.07. The molecule has 144 valence electrons. The zero-order valence-corrected chi connectivity index (χ0v) is 17.1. The van der Waals surface area contributed by atoms with Gasteiger partial charge in [0.25, 0.3) is 0 Å². The van der Waals surface area contributed by atoms with Gasteiger partial charge in [0.2, 0.25) is 0 Å². The topological polar surface area (TPSA) is 0 Å². The summed E-state index contributed by atoms with van der Waals surface area (Å²) >= 11 is 0. The molecule has 0 heteroatoms. The summed E-state index contributed by atoms with van der Waals surface area (Å²) in [7, 11) is 0. The minimum Gasteiger partial charge on any atom is -0.0654 e. The maximum atomic E-state index is 2.31. The number of unbranched alkanes of at least 4 members (excludes halogenated alkanes) is 8. The third-order valence-electron chi connectivity index (χ3n) is 6.19. The standard InChI is InChI=1S/C24H48/c1-2-3-4-5-6-9-12-15-18-21-24-22-19-16-13-10-7-8-11-14-17-20-23-24/h24H,2-23H2,1H3. The first-order valence-corrected chi connectivity index (χ1v) is 11.9. The first-order valence-electron chi connectivity index (χ1n) is 11.9. The van der Waals surface area contributed by atoms with Gasteiger partial charge in [-0.2, -0.15) is 0 Å². The summed E-state index contributed by atoms with van der Waals surface area (Å²) in [5, 5.41) is 0. The Balaban J connectivity index is 2.02. The van der Waals surface area contributed by atoms with E-state index in [-0.39, 0.29) is 0 Å². The second-order valence-corrected chi connectivity index (χ2v) is 8.60. The molecule has 0 atom stereocenters. The van der Waals surface area contributed by atoms with Gasteiger partial charge in [0.15, 0.2) is 0 Å². The molecule has 0 spiro atoms. The number of hydrogen-bond donors (Lipinski definition) is 0. The van der Waals surface area contributed by atoms with E-state index in [1.807, 2.05) is 0 Å². The molecule has 1 fully saturated rings. The van der Waals surface area contributed by atoms with Crippen molar-refractivity contribution in [2.24, 2.45) is 5.92 Å². The van der Waals surface area contributed by atoms with Crippen LogP contribution in [0, 0.1) is 5.92 Å². The monoisotopic (exact) mass is 336 g/mol. The predicted molar refractivity (Wildman–Crippen MR) is 111 cm³/mol. The normalized spacial score (nSPS) is 19.4. The van der Waals surface area contributed by atoms with Crippen molar-refractivity contribution in [2.75, 3.05) is 0 Å². The van der Waals surface area contributed by atoms with E-state index in [2.05, 4.69) is 6.92 Å². The summed E-state index contributed by atoms with van der Waals surface area (Å²) in [4.78, 5) is 0. The maximum Gasteiger partial charge on any atom is -0.0414 e. The zero-order valence-electron chi connectivity index (χ0n) is 17.1. The average Bonchev–Trinajstić information content (AvgIpc) is 2.62. The quantitative estimate of drug-likeness (QED) is 0.349. The van der Waals surface area contributed by atoms with Crippen LogP contribution in [-0.4, -0.2) is 0 Å². The molecule has 24 heavy (non-hydrogen) atoms. The fraction of sp³-hybridized carbons (Fsp3) is 1.00. The Morgan fingerprint density at radius 3 is 1.29 bits per heavy atom. The van der Waals surface area contributed by atoms with E-state index in [4.69, 9.17) is 0 Å². The molecule has 0 nitrogen and oxygen atoms in total. The predicted octanol–water partition coefficient (Wildman–Crippen LogP) is 9.22. The Morgan fingerprint density at radius 1 is 0.458 bits per heavy atom. The molecule has 0 heterocycles. The van der Waals surface area contributed by atoms with Gasteiger partial charge in [0.05, 0.1) is 0 Å². The van der Waals surface area contributed by atoms with Crippen molar-refractivity contribution in [2.45, 2.75) is 148 Å². The van der Waals surface area contributed by atoms with Crippen molar-refractivity contribution >= 4 is 0 Å². The highest BCUT2D eigenvalue weighted by molar-refractivity contribution is 4.62. The zero-order chi connectivity index (χ0) is 17.1. The van der Waals surface area contributed by atoms with E-state index in [1.54, 1.807) is 0 Å². The smallest absolute Gasteiger partial charge is 0.0414 e. The lowest BCUT2D eigenvalue weighted by Gasteiger charge is -2.17. The first-order chi connectivity index (χ1) is 11.9. The molecule has 0 N–H and O–H groups in total. The molecule has 1 saturated carbocycles. The lowest BCUT2D eigenvalue weighted by atomic mass is 9.90. The van der Waals surface area contributed by atoms with Gasteiger partial charge in [-0.15, -0.1) is 0 Å². The molecule has 1 rings (SSSR count). The van der Waals surface area contributed by atoms with Crippen LogP contribution < -0.4 is 0 Å². The highest BCUT2D eigenvalue weighted by Crippen LogP contribution is 2.25. The lowest BCUT2D eigenvalue weighted by Crippen LogP contribution is -2.01. The molecule has 0 aromatic rings. The summed E-state index contributed by atoms with van der Waals surface area (Å²) in [6.45, 7) is 2.31. The van der Waals surface area contributed by atoms with Gasteiger partial charge in [-0.05, 0) is 5.92 Å². The van der Waals surface area contributed by atoms with Crippen LogP contribution in [0.15, 0.2) is 0 Å². The molecule has 0 saturated heterocycles. The van der Waals surface area contributed by atoms with Crippen LogP contribution in [0.4, 0.5) is 0 Å². The summed E-state index contributed by atoms with van der Waals surface area (Å²) < 4.78 is 0. The van der Waals surface area contributed by atoms with E-state index >= 15 is 0 Å². The SMILES string of the molecule is CCCCCCCCCCCC1CCCCCCCCCCCC1. The van der Waals surface area contributed by atoms with Crippen molar-refractivity contribution in [1.82, 2.24) is 0 Å². The van der Waals surface area contributed by atoms with Crippen LogP contribution in [0.2, 0.25) is 0 Å². The van der Waals surface area contributed by atoms with Crippen molar-refractivity contribution in [3.8, 4) is 0 Å². The van der Waals surface area contributed by atoms with Crippen LogP contribution in [0.25, 0.3) is 0 Å². The molecular formula is C24H48. The molecule has 0 unspecified atom stereocenters. The maximum absolute atomic E-state index is 2.31. The summed E-state index contributed by atoms with van der Waals surface area (Å²) in [6, 6.07) is 0. The van der Waals surface area contributed by atoms with Crippen LogP contribution in [0.5, 0.6) is 0 Å². The average molecular weight is 337 g/mol. The van der Waals surface area contributed by atoms with Crippen molar-refractivity contribution in [3.63, 3.8) is 0 Å². The first kappa shape index (κ1) is 22.0. The molecule has 0 aromatic heterocycles. The van der Waals surface area contributed by atoms with Crippen LogP contribution in [-0.2, 0) is 0 Å². The largest absolute Gasteiger partial charge is 0.0654 e. The fourth-order valence-electron chi connectivity index (χ4n) is 4.46. The Morgan fingerprint density at radius 2 is 0.833 bits per heavy atom. The minimum absolute atomic E-state index is 1.07. The van der Waals surface area contributed by atoms with Gasteiger partial charge in [0.1, 0.15) is 0 Å². The van der Waals surface area contributed by atoms with E-state index in [1.165, 1.54) is 141 Å². The Hall–Kier alpha value is 0. The molecular weight excluding hydrogens is 288 g/mol. The van der Waals surface area contributed by atoms with Crippen molar-refractivity contribution in [1.29, 1.82) is 0 Å². The minimum atomic E-state index is 1.07. The molecule has 0 aromatic carbocycles. The van der Waals surface area contributed by atoms with Gasteiger partial charge < -0.3 is 0 Å². The summed E-state index contributed by atoms with van der Waals surface area (Å²) in [6.07, 6.45) is 33.0. The second-order valence-electron chi connectivity index (χ2n) is 8.60. The molecule has 1 aliphatic rings. The number of hydrogen-bond acceptors (Lipinski definition) is 0. The van der Waals surface area contributed by atoms with Gasteiger partial charge >= 0.3 is 0 Å². The Labute approximate surface area is 154 Å². The summed E-state index contributed by atoms with van der Waals surface area (Å²) in [5.41, 5.74) is 0. The van der Waals surface area contributed by atoms with Crippen molar-refractivity contribution < 1.29 is 0 Å². The molecule has 1 aliphatic carbocycles.